The zero-order valence-electron chi connectivity index (χ0n) is 25.3. The predicted octanol–water partition coefficient (Wildman–Crippen LogP) is 8.27. The van der Waals surface area contributed by atoms with Gasteiger partial charge in [-0.15, -0.1) is 0 Å². The fraction of sp³-hybridized carbons (Fsp3) is 0.412. The Hall–Kier alpha value is -3.80. The summed E-state index contributed by atoms with van der Waals surface area (Å²) in [7, 11) is 1.64. The Morgan fingerprint density at radius 2 is 1.52 bits per heavy atom. The molecule has 6 nitrogen and oxygen atoms in total. The Labute approximate surface area is 240 Å². The molecule has 3 aromatic carbocycles. The van der Waals surface area contributed by atoms with Crippen molar-refractivity contribution in [1.82, 2.24) is 5.43 Å². The number of methoxy groups -OCH3 is 1. The summed E-state index contributed by atoms with van der Waals surface area (Å²) in [5.41, 5.74) is 6.88. The summed E-state index contributed by atoms with van der Waals surface area (Å²) in [5.74, 6) is 2.31. The van der Waals surface area contributed by atoms with Gasteiger partial charge in [-0.25, -0.2) is 4.99 Å². The number of hydrogen-bond donors (Lipinski definition) is 2. The smallest absolute Gasteiger partial charge is 0.161 e. The van der Waals surface area contributed by atoms with Gasteiger partial charge in [-0.05, 0) is 65.3 Å². The number of hydrazone groups is 1. The maximum absolute atomic E-state index is 11.2. The number of ether oxygens (including phenoxy) is 2. The van der Waals surface area contributed by atoms with Gasteiger partial charge in [0.15, 0.2) is 17.3 Å². The van der Waals surface area contributed by atoms with Gasteiger partial charge in [-0.2, -0.15) is 5.10 Å². The minimum Gasteiger partial charge on any atom is -0.507 e. The number of hydrogen-bond acceptors (Lipinski definition) is 5. The fourth-order valence-electron chi connectivity index (χ4n) is 4.29. The SMILES string of the molecule is CCCCCOc1ccc(/C=N/NC(=Nc2ccccc2)c2cc(C(C)(C)C)c(O)c(C(C)(C)C)c2)cc1OC. The summed E-state index contributed by atoms with van der Waals surface area (Å²) in [4.78, 5) is 4.90. The summed E-state index contributed by atoms with van der Waals surface area (Å²) in [6.07, 6.45) is 5.04. The molecule has 40 heavy (non-hydrogen) atoms. The van der Waals surface area contributed by atoms with Gasteiger partial charge < -0.3 is 14.6 Å². The number of phenols is 1. The van der Waals surface area contributed by atoms with Crippen LogP contribution in [0.5, 0.6) is 17.2 Å². The van der Waals surface area contributed by atoms with E-state index in [1.54, 1.807) is 13.3 Å². The number of phenolic OH excluding ortho intramolecular Hbond substituents is 1. The van der Waals surface area contributed by atoms with E-state index in [4.69, 9.17) is 14.5 Å². The lowest BCUT2D eigenvalue weighted by Crippen LogP contribution is -2.23. The highest BCUT2D eigenvalue weighted by Crippen LogP contribution is 2.40. The van der Waals surface area contributed by atoms with Crippen LogP contribution in [0, 0.1) is 0 Å². The van der Waals surface area contributed by atoms with E-state index >= 15 is 0 Å². The van der Waals surface area contributed by atoms with E-state index < -0.39 is 0 Å². The molecule has 0 saturated heterocycles. The minimum absolute atomic E-state index is 0.266. The number of amidine groups is 1. The van der Waals surface area contributed by atoms with Crippen LogP contribution in [0.1, 0.15) is 90.0 Å². The number of benzene rings is 3. The molecule has 2 N–H and O–H groups in total. The van der Waals surface area contributed by atoms with Crippen molar-refractivity contribution in [3.63, 3.8) is 0 Å². The third-order valence-electron chi connectivity index (χ3n) is 6.57. The van der Waals surface area contributed by atoms with Crippen molar-refractivity contribution in [2.24, 2.45) is 10.1 Å². The van der Waals surface area contributed by atoms with Crippen molar-refractivity contribution >= 4 is 17.7 Å². The zero-order chi connectivity index (χ0) is 29.3. The van der Waals surface area contributed by atoms with Crippen LogP contribution in [0.15, 0.2) is 70.8 Å². The molecule has 0 amide bonds. The second-order valence-electron chi connectivity index (χ2n) is 12.1. The molecule has 0 aromatic heterocycles. The van der Waals surface area contributed by atoms with Gasteiger partial charge in [0.05, 0.1) is 25.6 Å². The van der Waals surface area contributed by atoms with Crippen molar-refractivity contribution in [2.75, 3.05) is 13.7 Å². The van der Waals surface area contributed by atoms with Crippen LogP contribution < -0.4 is 14.9 Å². The molecular weight excluding hydrogens is 498 g/mol. The Bertz CT molecular complexity index is 1280. The molecule has 3 aromatic rings. The molecule has 0 bridgehead atoms. The quantitative estimate of drug-likeness (QED) is 0.117. The van der Waals surface area contributed by atoms with E-state index in [2.05, 4.69) is 59.0 Å². The lowest BCUT2D eigenvalue weighted by molar-refractivity contribution is 0.286. The van der Waals surface area contributed by atoms with Crippen molar-refractivity contribution in [3.05, 3.63) is 82.9 Å². The van der Waals surface area contributed by atoms with E-state index in [0.717, 1.165) is 53.0 Å². The van der Waals surface area contributed by atoms with Gasteiger partial charge >= 0.3 is 0 Å². The van der Waals surface area contributed by atoms with Crippen LogP contribution in [0.3, 0.4) is 0 Å². The van der Waals surface area contributed by atoms with Crippen LogP contribution in [-0.4, -0.2) is 30.9 Å². The first kappa shape index (κ1) is 30.7. The molecule has 0 atom stereocenters. The molecule has 0 saturated carbocycles. The summed E-state index contributed by atoms with van der Waals surface area (Å²) >= 11 is 0. The molecule has 0 unspecified atom stereocenters. The predicted molar refractivity (Wildman–Crippen MR) is 167 cm³/mol. The topological polar surface area (TPSA) is 75.4 Å². The van der Waals surface area contributed by atoms with Gasteiger partial charge in [-0.1, -0.05) is 79.5 Å². The second-order valence-corrected chi connectivity index (χ2v) is 12.1. The summed E-state index contributed by atoms with van der Waals surface area (Å²) in [6, 6.07) is 19.5. The molecule has 0 fully saturated rings. The maximum atomic E-state index is 11.2. The first-order chi connectivity index (χ1) is 18.9. The van der Waals surface area contributed by atoms with Crippen LogP contribution in [-0.2, 0) is 10.8 Å². The molecule has 0 heterocycles. The molecule has 0 spiro atoms. The third kappa shape index (κ3) is 8.35. The average molecular weight is 544 g/mol. The molecule has 3 rings (SSSR count). The fourth-order valence-corrected chi connectivity index (χ4v) is 4.29. The normalized spacial score (nSPS) is 12.6. The van der Waals surface area contributed by atoms with Crippen LogP contribution in [0.2, 0.25) is 0 Å². The Kier molecular flexibility index (Phi) is 10.4. The molecule has 0 radical (unpaired) electrons. The Morgan fingerprint density at radius 1 is 0.875 bits per heavy atom. The summed E-state index contributed by atoms with van der Waals surface area (Å²) in [5, 5.41) is 15.8. The molecule has 214 valence electrons. The van der Waals surface area contributed by atoms with E-state index in [-0.39, 0.29) is 10.8 Å². The highest BCUT2D eigenvalue weighted by atomic mass is 16.5. The number of nitrogens with one attached hydrogen (secondary N) is 1. The lowest BCUT2D eigenvalue weighted by atomic mass is 9.78. The minimum atomic E-state index is -0.266. The standard InChI is InChI=1S/C34H45N3O3/c1-9-10-14-19-40-29-18-17-24(20-30(29)39-8)23-35-37-32(36-26-15-12-11-13-16-26)25-21-27(33(2,3)4)31(38)28(22-25)34(5,6)7/h11-13,15-18,20-23,38H,9-10,14,19H2,1-8H3,(H,36,37)/b35-23+. The largest absolute Gasteiger partial charge is 0.507 e. The third-order valence-corrected chi connectivity index (χ3v) is 6.57. The molecule has 0 aliphatic heterocycles. The Balaban J connectivity index is 1.98. The van der Waals surface area contributed by atoms with E-state index in [0.29, 0.717) is 23.9 Å². The van der Waals surface area contributed by atoms with Crippen molar-refractivity contribution < 1.29 is 14.6 Å². The van der Waals surface area contributed by atoms with Crippen LogP contribution in [0.4, 0.5) is 5.69 Å². The highest BCUT2D eigenvalue weighted by molar-refractivity contribution is 6.01. The monoisotopic (exact) mass is 543 g/mol. The van der Waals surface area contributed by atoms with E-state index in [1.165, 1.54) is 0 Å². The summed E-state index contributed by atoms with van der Waals surface area (Å²) in [6.45, 7) is 15.4. The summed E-state index contributed by atoms with van der Waals surface area (Å²) < 4.78 is 11.5. The van der Waals surface area contributed by atoms with E-state index in [9.17, 15) is 5.11 Å². The van der Waals surface area contributed by atoms with Crippen LogP contribution >= 0.6 is 0 Å². The van der Waals surface area contributed by atoms with E-state index in [1.807, 2.05) is 60.7 Å². The van der Waals surface area contributed by atoms with Crippen molar-refractivity contribution in [3.8, 4) is 17.2 Å². The van der Waals surface area contributed by atoms with Gasteiger partial charge in [-0.3, -0.25) is 5.43 Å². The number of rotatable bonds is 10. The molecular formula is C34H45N3O3. The van der Waals surface area contributed by atoms with Gasteiger partial charge in [0.2, 0.25) is 0 Å². The van der Waals surface area contributed by atoms with Crippen molar-refractivity contribution in [2.45, 2.75) is 78.6 Å². The highest BCUT2D eigenvalue weighted by Gasteiger charge is 2.27. The number of aromatic hydroxyl groups is 1. The van der Waals surface area contributed by atoms with Gasteiger partial charge in [0.25, 0.3) is 0 Å². The average Bonchev–Trinajstić information content (AvgIpc) is 2.90. The first-order valence-electron chi connectivity index (χ1n) is 14.1. The number of nitrogens with zero attached hydrogens (tertiary/aromatic N) is 2. The second kappa shape index (κ2) is 13.5. The molecule has 0 aliphatic carbocycles. The van der Waals surface area contributed by atoms with Crippen LogP contribution in [0.25, 0.3) is 0 Å². The molecule has 6 heteroatoms. The maximum Gasteiger partial charge on any atom is 0.161 e. The van der Waals surface area contributed by atoms with Gasteiger partial charge in [0, 0.05) is 16.7 Å². The van der Waals surface area contributed by atoms with Crippen molar-refractivity contribution in [1.29, 1.82) is 0 Å². The first-order valence-corrected chi connectivity index (χ1v) is 14.1. The number of aliphatic imine (C=N–C) groups is 1. The number of unbranched alkanes of at least 4 members (excludes halogenated alkanes) is 2. The lowest BCUT2D eigenvalue weighted by Gasteiger charge is -2.28. The number of para-hydroxylation sites is 1. The Morgan fingerprint density at radius 3 is 2.10 bits per heavy atom. The molecule has 0 aliphatic rings. The zero-order valence-corrected chi connectivity index (χ0v) is 25.3. The van der Waals surface area contributed by atoms with Gasteiger partial charge in [0.1, 0.15) is 5.75 Å².